The highest BCUT2D eigenvalue weighted by Gasteiger charge is 2.50. The molecule has 1 saturated heterocycles. The van der Waals surface area contributed by atoms with Crippen molar-refractivity contribution in [3.8, 4) is 0 Å². The summed E-state index contributed by atoms with van der Waals surface area (Å²) in [5, 5.41) is 3.24. The second kappa shape index (κ2) is 7.23. The zero-order chi connectivity index (χ0) is 19.1. The van der Waals surface area contributed by atoms with E-state index in [1.807, 2.05) is 4.90 Å². The van der Waals surface area contributed by atoms with Crippen LogP contribution in [-0.4, -0.2) is 36.3 Å². The average Bonchev–Trinajstić information content (AvgIpc) is 3.21. The number of nitrogens with zero attached hydrogens (tertiary/aromatic N) is 1. The molecule has 0 radical (unpaired) electrons. The van der Waals surface area contributed by atoms with Gasteiger partial charge in [0.05, 0.1) is 11.8 Å². The lowest BCUT2D eigenvalue weighted by Crippen LogP contribution is -2.48. The van der Waals surface area contributed by atoms with Crippen molar-refractivity contribution in [3.05, 3.63) is 24.2 Å². The maximum Gasteiger partial charge on any atom is 0.257 e. The van der Waals surface area contributed by atoms with Gasteiger partial charge in [-0.05, 0) is 87.0 Å². The molecule has 0 atom stereocenters. The number of rotatable bonds is 5. The van der Waals surface area contributed by atoms with Crippen LogP contribution in [0.1, 0.15) is 68.1 Å². The predicted molar refractivity (Wildman–Crippen MR) is 106 cm³/mol. The minimum atomic E-state index is 0.00873. The first-order valence-electron chi connectivity index (χ1n) is 11.2. The van der Waals surface area contributed by atoms with E-state index in [0.717, 1.165) is 37.1 Å². The van der Waals surface area contributed by atoms with E-state index in [-0.39, 0.29) is 17.7 Å². The van der Waals surface area contributed by atoms with Crippen LogP contribution in [0.5, 0.6) is 0 Å². The molecule has 5 nitrogen and oxygen atoms in total. The fourth-order valence-electron chi connectivity index (χ4n) is 7.10. The van der Waals surface area contributed by atoms with Crippen LogP contribution in [0.15, 0.2) is 23.0 Å². The molecular weight excluding hydrogens is 352 g/mol. The second-order valence-corrected chi connectivity index (χ2v) is 10.0. The molecule has 6 rings (SSSR count). The van der Waals surface area contributed by atoms with E-state index in [1.54, 1.807) is 6.07 Å². The summed E-state index contributed by atoms with van der Waals surface area (Å²) in [5.41, 5.74) is 1.13. The number of amides is 2. The third-order valence-corrected chi connectivity index (χ3v) is 8.04. The van der Waals surface area contributed by atoms with Crippen molar-refractivity contribution in [2.45, 2.75) is 57.8 Å². The number of hydrogen-bond donors (Lipinski definition) is 1. The molecule has 5 heteroatoms. The molecule has 0 aromatic carbocycles. The Morgan fingerprint density at radius 3 is 2.29 bits per heavy atom. The molecule has 152 valence electrons. The van der Waals surface area contributed by atoms with Crippen LogP contribution in [0.4, 0.5) is 0 Å². The fraction of sp³-hybridized carbons (Fsp3) is 0.739. The van der Waals surface area contributed by atoms with E-state index in [0.29, 0.717) is 24.1 Å². The van der Waals surface area contributed by atoms with Gasteiger partial charge in [-0.1, -0.05) is 0 Å². The van der Waals surface area contributed by atoms with Crippen LogP contribution in [0.2, 0.25) is 0 Å². The molecule has 4 aliphatic carbocycles. The Bertz CT molecular complexity index is 683. The van der Waals surface area contributed by atoms with Gasteiger partial charge in [-0.2, -0.15) is 0 Å². The lowest BCUT2D eigenvalue weighted by molar-refractivity contribution is -0.126. The number of likely N-dealkylation sites (tertiary alicyclic amines) is 1. The molecule has 1 aromatic heterocycles. The highest BCUT2D eigenvalue weighted by Crippen LogP contribution is 2.61. The van der Waals surface area contributed by atoms with Gasteiger partial charge < -0.3 is 14.6 Å². The number of furan rings is 1. The Kier molecular flexibility index (Phi) is 4.72. The molecule has 28 heavy (non-hydrogen) atoms. The van der Waals surface area contributed by atoms with E-state index in [4.69, 9.17) is 4.42 Å². The zero-order valence-electron chi connectivity index (χ0n) is 16.7. The maximum absolute atomic E-state index is 12.7. The van der Waals surface area contributed by atoms with E-state index in [2.05, 4.69) is 5.32 Å². The molecule has 4 saturated carbocycles. The van der Waals surface area contributed by atoms with Gasteiger partial charge in [0.25, 0.3) is 5.91 Å². The Labute approximate surface area is 167 Å². The molecule has 4 bridgehead atoms. The predicted octanol–water partition coefficient (Wildman–Crippen LogP) is 3.85. The van der Waals surface area contributed by atoms with Crippen molar-refractivity contribution in [2.75, 3.05) is 19.6 Å². The van der Waals surface area contributed by atoms with Gasteiger partial charge in [-0.3, -0.25) is 9.59 Å². The summed E-state index contributed by atoms with van der Waals surface area (Å²) in [6.45, 7) is 2.13. The number of carbonyl (C=O) groups excluding carboxylic acids is 2. The van der Waals surface area contributed by atoms with Crippen molar-refractivity contribution in [1.29, 1.82) is 0 Å². The quantitative estimate of drug-likeness (QED) is 0.839. The van der Waals surface area contributed by atoms with Crippen LogP contribution in [0, 0.1) is 29.1 Å². The summed E-state index contributed by atoms with van der Waals surface area (Å²) in [5.74, 6) is 3.16. The van der Waals surface area contributed by atoms with Gasteiger partial charge >= 0.3 is 0 Å². The first-order valence-corrected chi connectivity index (χ1v) is 11.2. The van der Waals surface area contributed by atoms with Crippen LogP contribution < -0.4 is 5.32 Å². The fourth-order valence-corrected chi connectivity index (χ4v) is 7.10. The zero-order valence-corrected chi connectivity index (χ0v) is 16.7. The normalized spacial score (nSPS) is 34.6. The Morgan fingerprint density at radius 2 is 1.71 bits per heavy atom. The SMILES string of the molecule is O=C(NCCC12CC3CC(CC(C3)C1)C2)C1CCN(C(=O)c2ccoc2)CC1. The van der Waals surface area contributed by atoms with Crippen molar-refractivity contribution < 1.29 is 14.0 Å². The van der Waals surface area contributed by atoms with Crippen LogP contribution in [0.3, 0.4) is 0 Å². The third kappa shape index (κ3) is 3.48. The molecular formula is C23H32N2O3. The van der Waals surface area contributed by atoms with Crippen molar-refractivity contribution in [1.82, 2.24) is 10.2 Å². The Hall–Kier alpha value is -1.78. The summed E-state index contributed by atoms with van der Waals surface area (Å²) in [6.07, 6.45) is 14.3. The number of nitrogens with one attached hydrogen (secondary N) is 1. The highest BCUT2D eigenvalue weighted by atomic mass is 16.3. The molecule has 1 aromatic rings. The molecule has 1 N–H and O–H groups in total. The van der Waals surface area contributed by atoms with Crippen molar-refractivity contribution in [2.24, 2.45) is 29.1 Å². The lowest BCUT2D eigenvalue weighted by atomic mass is 9.49. The lowest BCUT2D eigenvalue weighted by Gasteiger charge is -2.57. The van der Waals surface area contributed by atoms with Crippen LogP contribution >= 0.6 is 0 Å². The summed E-state index contributed by atoms with van der Waals surface area (Å²) < 4.78 is 5.01. The largest absolute Gasteiger partial charge is 0.472 e. The van der Waals surface area contributed by atoms with Crippen molar-refractivity contribution in [3.63, 3.8) is 0 Å². The molecule has 1 aliphatic heterocycles. The van der Waals surface area contributed by atoms with Gasteiger partial charge in [0.1, 0.15) is 6.26 Å². The van der Waals surface area contributed by atoms with Gasteiger partial charge in [0.2, 0.25) is 5.91 Å². The van der Waals surface area contributed by atoms with E-state index in [1.165, 1.54) is 57.5 Å². The number of hydrogen-bond acceptors (Lipinski definition) is 3. The standard InChI is InChI=1S/C23H32N2O3/c26-21(19-1-6-25(7-2-19)22(27)20-3-8-28-15-20)24-5-4-23-12-16-9-17(13-23)11-18(10-16)14-23/h3,8,15-19H,1-2,4-7,9-14H2,(H,24,26). The minimum absolute atomic E-state index is 0.00873. The Balaban J connectivity index is 1.07. The smallest absolute Gasteiger partial charge is 0.257 e. The summed E-state index contributed by atoms with van der Waals surface area (Å²) in [4.78, 5) is 26.9. The van der Waals surface area contributed by atoms with Gasteiger partial charge in [0, 0.05) is 25.6 Å². The van der Waals surface area contributed by atoms with Crippen LogP contribution in [0.25, 0.3) is 0 Å². The molecule has 5 aliphatic rings. The van der Waals surface area contributed by atoms with Crippen LogP contribution in [-0.2, 0) is 4.79 Å². The summed E-state index contributed by atoms with van der Waals surface area (Å²) in [6, 6.07) is 1.70. The maximum atomic E-state index is 12.7. The monoisotopic (exact) mass is 384 g/mol. The van der Waals surface area contributed by atoms with E-state index < -0.39 is 0 Å². The first kappa shape index (κ1) is 18.3. The van der Waals surface area contributed by atoms with Gasteiger partial charge in [0.15, 0.2) is 0 Å². The summed E-state index contributed by atoms with van der Waals surface area (Å²) >= 11 is 0. The number of carbonyl (C=O) groups is 2. The molecule has 2 heterocycles. The molecule has 2 amide bonds. The average molecular weight is 385 g/mol. The minimum Gasteiger partial charge on any atom is -0.472 e. The van der Waals surface area contributed by atoms with Crippen molar-refractivity contribution >= 4 is 11.8 Å². The molecule has 0 unspecified atom stereocenters. The molecule has 5 fully saturated rings. The second-order valence-electron chi connectivity index (χ2n) is 10.0. The number of piperidine rings is 1. The van der Waals surface area contributed by atoms with Gasteiger partial charge in [-0.15, -0.1) is 0 Å². The molecule has 0 spiro atoms. The third-order valence-electron chi connectivity index (χ3n) is 8.04. The highest BCUT2D eigenvalue weighted by molar-refractivity contribution is 5.94. The topological polar surface area (TPSA) is 62.6 Å². The van der Waals surface area contributed by atoms with E-state index in [9.17, 15) is 9.59 Å². The first-order chi connectivity index (χ1) is 13.6. The van der Waals surface area contributed by atoms with Gasteiger partial charge in [-0.25, -0.2) is 0 Å². The summed E-state index contributed by atoms with van der Waals surface area (Å²) in [7, 11) is 0. The van der Waals surface area contributed by atoms with E-state index >= 15 is 0 Å². The Morgan fingerprint density at radius 1 is 1.07 bits per heavy atom.